The third kappa shape index (κ3) is 3.53. The highest BCUT2D eigenvalue weighted by atomic mass is 16.5. The van der Waals surface area contributed by atoms with E-state index in [1.54, 1.807) is 7.11 Å². The number of benzene rings is 1. The number of hydrogen-bond acceptors (Lipinski definition) is 3. The molecule has 0 fully saturated rings. The van der Waals surface area contributed by atoms with E-state index in [0.29, 0.717) is 12.0 Å². The van der Waals surface area contributed by atoms with Crippen molar-refractivity contribution in [3.05, 3.63) is 29.8 Å². The maximum atomic E-state index is 5.50. The van der Waals surface area contributed by atoms with Crippen molar-refractivity contribution in [2.75, 3.05) is 7.11 Å². The fraction of sp³-hybridized carbons (Fsp3) is 0.500. The van der Waals surface area contributed by atoms with E-state index in [4.69, 9.17) is 10.6 Å². The monoisotopic (exact) mass is 208 g/mol. The summed E-state index contributed by atoms with van der Waals surface area (Å²) in [5.41, 5.74) is 4.12. The zero-order valence-electron chi connectivity index (χ0n) is 9.66. The molecule has 0 aliphatic rings. The molecule has 0 radical (unpaired) electrons. The van der Waals surface area contributed by atoms with E-state index < -0.39 is 0 Å². The van der Waals surface area contributed by atoms with Gasteiger partial charge in [-0.05, 0) is 30.0 Å². The molecule has 0 amide bonds. The zero-order valence-corrected chi connectivity index (χ0v) is 9.66. The molecule has 1 aromatic carbocycles. The van der Waals surface area contributed by atoms with Crippen LogP contribution in [0.15, 0.2) is 24.3 Å². The summed E-state index contributed by atoms with van der Waals surface area (Å²) in [5.74, 6) is 6.92. The second kappa shape index (κ2) is 5.73. The Balaban J connectivity index is 2.63. The first kappa shape index (κ1) is 12.0. The summed E-state index contributed by atoms with van der Waals surface area (Å²) in [4.78, 5) is 0. The third-order valence-corrected chi connectivity index (χ3v) is 2.63. The standard InChI is InChI=1S/C12H20N2O/c1-9(2)12(14-13)8-10-4-6-11(15-3)7-5-10/h4-7,9,12,14H,8,13H2,1-3H3. The predicted molar refractivity (Wildman–Crippen MR) is 62.6 cm³/mol. The second-order valence-corrected chi connectivity index (χ2v) is 4.07. The largest absolute Gasteiger partial charge is 0.497 e. The minimum absolute atomic E-state index is 0.318. The van der Waals surface area contributed by atoms with Gasteiger partial charge in [0.05, 0.1) is 7.11 Å². The number of nitrogens with two attached hydrogens (primary N) is 1. The Kier molecular flexibility index (Phi) is 4.59. The van der Waals surface area contributed by atoms with Gasteiger partial charge in [0.15, 0.2) is 0 Å². The fourth-order valence-corrected chi connectivity index (χ4v) is 1.50. The lowest BCUT2D eigenvalue weighted by molar-refractivity contribution is 0.402. The van der Waals surface area contributed by atoms with Crippen molar-refractivity contribution in [3.63, 3.8) is 0 Å². The molecule has 3 heteroatoms. The molecule has 0 heterocycles. The van der Waals surface area contributed by atoms with Gasteiger partial charge in [0.1, 0.15) is 5.75 Å². The highest BCUT2D eigenvalue weighted by molar-refractivity contribution is 5.27. The summed E-state index contributed by atoms with van der Waals surface area (Å²) in [6.45, 7) is 4.32. The Labute approximate surface area is 91.6 Å². The number of nitrogens with one attached hydrogen (secondary N) is 1. The van der Waals surface area contributed by atoms with E-state index in [0.717, 1.165) is 12.2 Å². The Morgan fingerprint density at radius 2 is 1.87 bits per heavy atom. The average molecular weight is 208 g/mol. The number of hydrogen-bond donors (Lipinski definition) is 2. The van der Waals surface area contributed by atoms with E-state index in [2.05, 4.69) is 31.4 Å². The Morgan fingerprint density at radius 1 is 1.27 bits per heavy atom. The van der Waals surface area contributed by atoms with Crippen molar-refractivity contribution < 1.29 is 4.74 Å². The topological polar surface area (TPSA) is 47.3 Å². The first-order chi connectivity index (χ1) is 7.17. The van der Waals surface area contributed by atoms with Gasteiger partial charge in [0.2, 0.25) is 0 Å². The molecule has 0 aromatic heterocycles. The van der Waals surface area contributed by atoms with Crippen LogP contribution in [-0.4, -0.2) is 13.2 Å². The van der Waals surface area contributed by atoms with Crippen molar-refractivity contribution in [3.8, 4) is 5.75 Å². The lowest BCUT2D eigenvalue weighted by atomic mass is 9.97. The zero-order chi connectivity index (χ0) is 11.3. The molecule has 0 aliphatic heterocycles. The van der Waals surface area contributed by atoms with E-state index in [9.17, 15) is 0 Å². The quantitative estimate of drug-likeness (QED) is 0.572. The number of hydrazine groups is 1. The number of methoxy groups -OCH3 is 1. The molecule has 0 saturated carbocycles. The molecular formula is C12H20N2O. The van der Waals surface area contributed by atoms with Crippen LogP contribution in [0.1, 0.15) is 19.4 Å². The van der Waals surface area contributed by atoms with Gasteiger partial charge in [-0.15, -0.1) is 0 Å². The molecule has 1 unspecified atom stereocenters. The van der Waals surface area contributed by atoms with Crippen LogP contribution in [0.3, 0.4) is 0 Å². The van der Waals surface area contributed by atoms with Crippen LogP contribution in [0.2, 0.25) is 0 Å². The fourth-order valence-electron chi connectivity index (χ4n) is 1.50. The van der Waals surface area contributed by atoms with Crippen LogP contribution >= 0.6 is 0 Å². The van der Waals surface area contributed by atoms with Gasteiger partial charge in [0, 0.05) is 6.04 Å². The van der Waals surface area contributed by atoms with Gasteiger partial charge in [-0.1, -0.05) is 26.0 Å². The van der Waals surface area contributed by atoms with Gasteiger partial charge < -0.3 is 4.74 Å². The maximum absolute atomic E-state index is 5.50. The molecule has 1 aromatic rings. The van der Waals surface area contributed by atoms with Crippen LogP contribution < -0.4 is 16.0 Å². The molecule has 3 N–H and O–H groups in total. The van der Waals surface area contributed by atoms with Crippen molar-refractivity contribution in [2.24, 2.45) is 11.8 Å². The average Bonchev–Trinajstić information content (AvgIpc) is 2.26. The molecule has 0 spiro atoms. The van der Waals surface area contributed by atoms with Crippen molar-refractivity contribution in [2.45, 2.75) is 26.3 Å². The molecule has 1 atom stereocenters. The van der Waals surface area contributed by atoms with Gasteiger partial charge in [0.25, 0.3) is 0 Å². The van der Waals surface area contributed by atoms with Gasteiger partial charge in [-0.3, -0.25) is 11.3 Å². The highest BCUT2D eigenvalue weighted by Gasteiger charge is 2.11. The summed E-state index contributed by atoms with van der Waals surface area (Å²) in [6, 6.07) is 8.42. The molecule has 0 aliphatic carbocycles. The summed E-state index contributed by atoms with van der Waals surface area (Å²) in [5, 5.41) is 0. The van der Waals surface area contributed by atoms with Gasteiger partial charge in [-0.2, -0.15) is 0 Å². The van der Waals surface area contributed by atoms with E-state index in [1.165, 1.54) is 5.56 Å². The summed E-state index contributed by atoms with van der Waals surface area (Å²) >= 11 is 0. The SMILES string of the molecule is COc1ccc(CC(NN)C(C)C)cc1. The normalized spacial score (nSPS) is 12.9. The smallest absolute Gasteiger partial charge is 0.118 e. The minimum Gasteiger partial charge on any atom is -0.497 e. The predicted octanol–water partition coefficient (Wildman–Crippen LogP) is 1.73. The van der Waals surface area contributed by atoms with Crippen LogP contribution in [0.4, 0.5) is 0 Å². The van der Waals surface area contributed by atoms with E-state index in [1.807, 2.05) is 12.1 Å². The lowest BCUT2D eigenvalue weighted by Crippen LogP contribution is -2.40. The molecular weight excluding hydrogens is 188 g/mol. The molecule has 1 rings (SSSR count). The van der Waals surface area contributed by atoms with Crippen molar-refractivity contribution >= 4 is 0 Å². The second-order valence-electron chi connectivity index (χ2n) is 4.07. The molecule has 84 valence electrons. The number of ether oxygens (including phenoxy) is 1. The molecule has 0 bridgehead atoms. The highest BCUT2D eigenvalue weighted by Crippen LogP contribution is 2.14. The summed E-state index contributed by atoms with van der Waals surface area (Å²) in [6.07, 6.45) is 0.943. The Hall–Kier alpha value is -1.06. The third-order valence-electron chi connectivity index (χ3n) is 2.63. The van der Waals surface area contributed by atoms with Crippen molar-refractivity contribution in [1.29, 1.82) is 0 Å². The molecule has 15 heavy (non-hydrogen) atoms. The first-order valence-electron chi connectivity index (χ1n) is 5.26. The van der Waals surface area contributed by atoms with Crippen molar-refractivity contribution in [1.82, 2.24) is 5.43 Å². The minimum atomic E-state index is 0.318. The first-order valence-corrected chi connectivity index (χ1v) is 5.26. The maximum Gasteiger partial charge on any atom is 0.118 e. The van der Waals surface area contributed by atoms with E-state index in [-0.39, 0.29) is 0 Å². The van der Waals surface area contributed by atoms with Crippen LogP contribution in [0.5, 0.6) is 5.75 Å². The molecule has 3 nitrogen and oxygen atoms in total. The Bertz CT molecular complexity index is 282. The molecule has 0 saturated heterocycles. The van der Waals surface area contributed by atoms with E-state index >= 15 is 0 Å². The van der Waals surface area contributed by atoms with Crippen LogP contribution in [-0.2, 0) is 6.42 Å². The van der Waals surface area contributed by atoms with Gasteiger partial charge in [-0.25, -0.2) is 0 Å². The number of rotatable bonds is 5. The summed E-state index contributed by atoms with van der Waals surface area (Å²) in [7, 11) is 1.67. The van der Waals surface area contributed by atoms with Gasteiger partial charge >= 0.3 is 0 Å². The Morgan fingerprint density at radius 3 is 2.27 bits per heavy atom. The lowest BCUT2D eigenvalue weighted by Gasteiger charge is -2.19. The summed E-state index contributed by atoms with van der Waals surface area (Å²) < 4.78 is 5.11. The van der Waals surface area contributed by atoms with Crippen LogP contribution in [0, 0.1) is 5.92 Å². The van der Waals surface area contributed by atoms with Crippen LogP contribution in [0.25, 0.3) is 0 Å².